The lowest BCUT2D eigenvalue weighted by Gasteiger charge is -2.28. The maximum Gasteiger partial charge on any atom is -0.0109 e. The highest BCUT2D eigenvalue weighted by molar-refractivity contribution is 5.97. The van der Waals surface area contributed by atoms with Crippen LogP contribution in [0.15, 0.2) is 0 Å². The van der Waals surface area contributed by atoms with Crippen molar-refractivity contribution in [3.05, 3.63) is 44.5 Å². The van der Waals surface area contributed by atoms with Gasteiger partial charge in [-0.3, -0.25) is 0 Å². The topological polar surface area (TPSA) is 0 Å². The third-order valence-electron chi connectivity index (χ3n) is 6.81. The lowest BCUT2D eigenvalue weighted by molar-refractivity contribution is 0.474. The Kier molecular flexibility index (Phi) is 4.95. The van der Waals surface area contributed by atoms with E-state index in [0.717, 1.165) is 0 Å². The Hall–Kier alpha value is -1.30. The van der Waals surface area contributed by atoms with E-state index in [2.05, 4.69) is 69.2 Å². The molecule has 2 unspecified atom stereocenters. The van der Waals surface area contributed by atoms with Crippen LogP contribution in [0.2, 0.25) is 0 Å². The van der Waals surface area contributed by atoms with Crippen LogP contribution in [-0.2, 0) is 0 Å². The second-order valence-electron chi connectivity index (χ2n) is 7.71. The third-order valence-corrected chi connectivity index (χ3v) is 6.81. The Morgan fingerprint density at radius 2 is 0.957 bits per heavy atom. The Morgan fingerprint density at radius 3 is 1.39 bits per heavy atom. The number of hydrogen-bond acceptors (Lipinski definition) is 0. The minimum Gasteiger partial charge on any atom is -0.0651 e. The molecule has 0 spiro atoms. The fourth-order valence-corrected chi connectivity index (χ4v) is 4.18. The van der Waals surface area contributed by atoms with Crippen molar-refractivity contribution in [3.8, 4) is 0 Å². The van der Waals surface area contributed by atoms with Crippen molar-refractivity contribution < 1.29 is 0 Å². The first-order valence-electron chi connectivity index (χ1n) is 9.14. The molecule has 0 aliphatic carbocycles. The minimum atomic E-state index is 0.599. The summed E-state index contributed by atoms with van der Waals surface area (Å²) in [5, 5.41) is 3.05. The van der Waals surface area contributed by atoms with Gasteiger partial charge in [-0.1, -0.05) is 27.2 Å². The van der Waals surface area contributed by atoms with Gasteiger partial charge in [0.05, 0.1) is 0 Å². The van der Waals surface area contributed by atoms with Gasteiger partial charge in [0.1, 0.15) is 0 Å². The molecule has 2 aromatic carbocycles. The van der Waals surface area contributed by atoms with E-state index in [4.69, 9.17) is 0 Å². The van der Waals surface area contributed by atoms with E-state index < -0.39 is 0 Å². The zero-order valence-corrected chi connectivity index (χ0v) is 16.9. The summed E-state index contributed by atoms with van der Waals surface area (Å²) in [6.45, 7) is 23.3. The van der Waals surface area contributed by atoms with Crippen LogP contribution in [0.3, 0.4) is 0 Å². The van der Waals surface area contributed by atoms with Crippen LogP contribution in [-0.4, -0.2) is 0 Å². The number of benzene rings is 2. The van der Waals surface area contributed by atoms with E-state index in [-0.39, 0.29) is 0 Å². The predicted octanol–water partition coefficient (Wildman–Crippen LogP) is 7.15. The van der Waals surface area contributed by atoms with Crippen molar-refractivity contribution in [2.45, 2.75) is 81.6 Å². The van der Waals surface area contributed by atoms with E-state index in [1.54, 1.807) is 10.9 Å². The lowest BCUT2D eigenvalue weighted by Crippen LogP contribution is -2.11. The normalized spacial score (nSPS) is 14.3. The quantitative estimate of drug-likeness (QED) is 0.564. The molecule has 0 fully saturated rings. The highest BCUT2D eigenvalue weighted by Crippen LogP contribution is 2.42. The predicted molar refractivity (Wildman–Crippen MR) is 105 cm³/mol. The zero-order valence-electron chi connectivity index (χ0n) is 16.9. The van der Waals surface area contributed by atoms with Crippen LogP contribution >= 0.6 is 0 Å². The van der Waals surface area contributed by atoms with Crippen molar-refractivity contribution in [1.82, 2.24) is 0 Å². The molecule has 2 atom stereocenters. The molecular weight excluding hydrogens is 276 g/mol. The number of hydrogen-bond donors (Lipinski definition) is 0. The molecule has 0 heterocycles. The van der Waals surface area contributed by atoms with Gasteiger partial charge in [-0.05, 0) is 116 Å². The Labute approximate surface area is 143 Å². The van der Waals surface area contributed by atoms with Crippen molar-refractivity contribution in [3.63, 3.8) is 0 Å². The summed E-state index contributed by atoms with van der Waals surface area (Å²) in [5.41, 5.74) is 11.9. The van der Waals surface area contributed by atoms with Gasteiger partial charge < -0.3 is 0 Å². The van der Waals surface area contributed by atoms with Crippen molar-refractivity contribution in [1.29, 1.82) is 0 Å². The van der Waals surface area contributed by atoms with Crippen LogP contribution < -0.4 is 0 Å². The van der Waals surface area contributed by atoms with E-state index in [1.807, 2.05) is 0 Å². The summed E-state index contributed by atoms with van der Waals surface area (Å²) in [6.07, 6.45) is 1.23. The summed E-state index contributed by atoms with van der Waals surface area (Å²) >= 11 is 0. The van der Waals surface area contributed by atoms with Crippen molar-refractivity contribution >= 4 is 10.8 Å². The van der Waals surface area contributed by atoms with Gasteiger partial charge in [0.15, 0.2) is 0 Å². The largest absolute Gasteiger partial charge is 0.0651 e. The van der Waals surface area contributed by atoms with E-state index in [9.17, 15) is 0 Å². The highest BCUT2D eigenvalue weighted by Gasteiger charge is 2.23. The monoisotopic (exact) mass is 310 g/mol. The fraction of sp³-hybridized carbons (Fsp3) is 0.565. The van der Waals surface area contributed by atoms with Crippen LogP contribution in [0.4, 0.5) is 0 Å². The molecule has 0 amide bonds. The van der Waals surface area contributed by atoms with Crippen LogP contribution in [0.25, 0.3) is 10.8 Å². The van der Waals surface area contributed by atoms with Gasteiger partial charge in [0, 0.05) is 0 Å². The van der Waals surface area contributed by atoms with Crippen molar-refractivity contribution in [2.75, 3.05) is 0 Å². The van der Waals surface area contributed by atoms with E-state index in [0.29, 0.717) is 11.8 Å². The summed E-state index contributed by atoms with van der Waals surface area (Å²) in [6, 6.07) is 0. The summed E-state index contributed by atoms with van der Waals surface area (Å²) in [4.78, 5) is 0. The first-order valence-corrected chi connectivity index (χ1v) is 9.14. The Morgan fingerprint density at radius 1 is 0.565 bits per heavy atom. The second-order valence-corrected chi connectivity index (χ2v) is 7.71. The minimum absolute atomic E-state index is 0.599. The van der Waals surface area contributed by atoms with Crippen molar-refractivity contribution in [2.24, 2.45) is 5.92 Å². The molecule has 0 N–H and O–H groups in total. The SMILES string of the molecule is CCC(C)C(C)c1c(C)c(C)c(C)c2c(C)c(C)c(C)c(C)c12. The van der Waals surface area contributed by atoms with E-state index in [1.165, 1.54) is 50.8 Å². The Balaban J connectivity index is 3.09. The Bertz CT molecular complexity index is 754. The summed E-state index contributed by atoms with van der Waals surface area (Å²) in [5.74, 6) is 1.31. The smallest absolute Gasteiger partial charge is 0.0109 e. The molecule has 0 nitrogen and oxygen atoms in total. The molecule has 0 radical (unpaired) electrons. The summed E-state index contributed by atoms with van der Waals surface area (Å²) < 4.78 is 0. The molecule has 0 saturated carbocycles. The first-order chi connectivity index (χ1) is 10.6. The van der Waals surface area contributed by atoms with Gasteiger partial charge in [-0.15, -0.1) is 0 Å². The van der Waals surface area contributed by atoms with Gasteiger partial charge >= 0.3 is 0 Å². The number of rotatable bonds is 3. The maximum absolute atomic E-state index is 2.43. The van der Waals surface area contributed by atoms with Gasteiger partial charge in [-0.25, -0.2) is 0 Å². The first kappa shape index (κ1) is 18.0. The zero-order chi connectivity index (χ0) is 17.6. The van der Waals surface area contributed by atoms with Crippen LogP contribution in [0.1, 0.15) is 77.6 Å². The molecule has 126 valence electrons. The second kappa shape index (κ2) is 6.30. The molecule has 2 rings (SSSR count). The third kappa shape index (κ3) is 2.61. The number of fused-ring (bicyclic) bond motifs is 1. The standard InChI is InChI=1S/C23H34/c1-11-12(2)13(3)21-18(8)16(6)19(9)22-17(7)14(4)15(5)20(10)23(21)22/h12-13H,11H2,1-10H3. The molecule has 0 heteroatoms. The molecule has 0 bridgehead atoms. The molecule has 0 aliphatic heterocycles. The average molecular weight is 311 g/mol. The van der Waals surface area contributed by atoms with Gasteiger partial charge in [-0.2, -0.15) is 0 Å². The number of aryl methyl sites for hydroxylation is 3. The molecular formula is C23H34. The lowest BCUT2D eigenvalue weighted by atomic mass is 9.76. The average Bonchev–Trinajstić information content (AvgIpc) is 2.54. The molecule has 0 aromatic heterocycles. The van der Waals surface area contributed by atoms with Crippen LogP contribution in [0.5, 0.6) is 0 Å². The van der Waals surface area contributed by atoms with Crippen LogP contribution in [0, 0.1) is 54.4 Å². The maximum atomic E-state index is 2.43. The molecule has 23 heavy (non-hydrogen) atoms. The van der Waals surface area contributed by atoms with Gasteiger partial charge in [0.2, 0.25) is 0 Å². The van der Waals surface area contributed by atoms with Gasteiger partial charge in [0.25, 0.3) is 0 Å². The highest BCUT2D eigenvalue weighted by atomic mass is 14.3. The van der Waals surface area contributed by atoms with E-state index >= 15 is 0 Å². The molecule has 0 aliphatic rings. The fourth-order valence-electron chi connectivity index (χ4n) is 4.18. The summed E-state index contributed by atoms with van der Waals surface area (Å²) in [7, 11) is 0. The molecule has 0 saturated heterocycles. The molecule has 2 aromatic rings.